The van der Waals surface area contributed by atoms with Crippen LogP contribution in [0, 0.1) is 0 Å². The quantitative estimate of drug-likeness (QED) is 0.182. The first-order valence-corrected chi connectivity index (χ1v) is 13.6. The highest BCUT2D eigenvalue weighted by Crippen LogP contribution is 2.30. The van der Waals surface area contributed by atoms with E-state index in [0.29, 0.717) is 45.8 Å². The van der Waals surface area contributed by atoms with Gasteiger partial charge in [0.2, 0.25) is 23.6 Å². The number of benzene rings is 1. The van der Waals surface area contributed by atoms with Gasteiger partial charge >= 0.3 is 0 Å². The Morgan fingerprint density at radius 3 is 1.30 bits per heavy atom. The molecule has 44 heavy (non-hydrogen) atoms. The molecule has 0 fully saturated rings. The Kier molecular flexibility index (Phi) is 6.89. The van der Waals surface area contributed by atoms with Gasteiger partial charge in [-0.05, 0) is 78.9 Å². The molecule has 10 heteroatoms. The summed E-state index contributed by atoms with van der Waals surface area (Å²) in [6.45, 7) is 7.54. The summed E-state index contributed by atoms with van der Waals surface area (Å²) in [4.78, 5) is 18.1. The van der Waals surface area contributed by atoms with Gasteiger partial charge in [-0.1, -0.05) is 31.4 Å². The molecule has 0 spiro atoms. The monoisotopic (exact) mass is 574 g/mol. The van der Waals surface area contributed by atoms with Crippen LogP contribution < -0.4 is 0 Å². The van der Waals surface area contributed by atoms with Gasteiger partial charge in [-0.2, -0.15) is 0 Å². The Bertz CT molecular complexity index is 1970. The second-order valence-electron chi connectivity index (χ2n) is 9.57. The first kappa shape index (κ1) is 26.5. The topological polar surface area (TPSA) is 129 Å². The Morgan fingerprint density at radius 1 is 0.455 bits per heavy atom. The zero-order chi connectivity index (χ0) is 29.9. The van der Waals surface area contributed by atoms with Crippen molar-refractivity contribution in [1.29, 1.82) is 0 Å². The predicted octanol–water partition coefficient (Wildman–Crippen LogP) is 7.32. The molecule has 0 N–H and O–H groups in total. The van der Waals surface area contributed by atoms with E-state index in [-0.39, 0.29) is 0 Å². The minimum Gasteiger partial charge on any atom is -0.416 e. The molecule has 0 radical (unpaired) electrons. The van der Waals surface area contributed by atoms with Crippen LogP contribution in [0.25, 0.3) is 80.7 Å². The van der Waals surface area contributed by atoms with Gasteiger partial charge in [-0.15, -0.1) is 20.4 Å². The lowest BCUT2D eigenvalue weighted by molar-refractivity contribution is 0.582. The summed E-state index contributed by atoms with van der Waals surface area (Å²) in [5, 5.41) is 16.9. The van der Waals surface area contributed by atoms with Gasteiger partial charge in [0.1, 0.15) is 0 Å². The van der Waals surface area contributed by atoms with Crippen LogP contribution in [-0.2, 0) is 0 Å². The molecule has 6 heterocycles. The molecule has 0 bridgehead atoms. The zero-order valence-electron chi connectivity index (χ0n) is 23.2. The summed E-state index contributed by atoms with van der Waals surface area (Å²) >= 11 is 0. The summed E-state index contributed by atoms with van der Waals surface area (Å²) in [5.41, 5.74) is 7.31. The van der Waals surface area contributed by atoms with E-state index < -0.39 is 0 Å². The summed E-state index contributed by atoms with van der Waals surface area (Å²) in [6, 6.07) is 26.3. The number of hydrogen-bond acceptors (Lipinski definition) is 10. The smallest absolute Gasteiger partial charge is 0.249 e. The van der Waals surface area contributed by atoms with Crippen molar-refractivity contribution in [2.75, 3.05) is 0 Å². The summed E-state index contributed by atoms with van der Waals surface area (Å²) in [5.74, 6) is 1.39. The van der Waals surface area contributed by atoms with Crippen molar-refractivity contribution < 1.29 is 8.83 Å². The van der Waals surface area contributed by atoms with E-state index in [1.807, 2.05) is 84.9 Å². The van der Waals surface area contributed by atoms with Crippen LogP contribution in [0.2, 0.25) is 0 Å². The lowest BCUT2D eigenvalue weighted by atomic mass is 10.1. The van der Waals surface area contributed by atoms with Crippen molar-refractivity contribution in [2.24, 2.45) is 0 Å². The molecule has 6 aromatic heterocycles. The Labute approximate surface area is 251 Å². The van der Waals surface area contributed by atoms with Crippen LogP contribution >= 0.6 is 0 Å². The Morgan fingerprint density at radius 2 is 0.886 bits per heavy atom. The van der Waals surface area contributed by atoms with Gasteiger partial charge in [0, 0.05) is 23.5 Å². The van der Waals surface area contributed by atoms with Crippen LogP contribution in [0.1, 0.15) is 11.4 Å². The van der Waals surface area contributed by atoms with E-state index in [1.165, 1.54) is 0 Å². The fraction of sp³-hybridized carbons (Fsp3) is 0. The fourth-order valence-corrected chi connectivity index (χ4v) is 4.46. The second-order valence-corrected chi connectivity index (χ2v) is 9.57. The minimum atomic E-state index is 0.347. The third-order valence-electron chi connectivity index (χ3n) is 6.71. The molecule has 0 atom stereocenters. The van der Waals surface area contributed by atoms with E-state index in [1.54, 1.807) is 24.5 Å². The third kappa shape index (κ3) is 5.30. The second kappa shape index (κ2) is 11.5. The predicted molar refractivity (Wildman–Crippen MR) is 166 cm³/mol. The molecular weight excluding hydrogens is 552 g/mol. The normalized spacial score (nSPS) is 10.9. The molecule has 0 aliphatic heterocycles. The highest BCUT2D eigenvalue weighted by molar-refractivity contribution is 5.67. The molecule has 0 saturated heterocycles. The number of hydrogen-bond donors (Lipinski definition) is 0. The summed E-state index contributed by atoms with van der Waals surface area (Å²) < 4.78 is 12.0. The van der Waals surface area contributed by atoms with Crippen LogP contribution in [-0.4, -0.2) is 40.3 Å². The molecule has 0 unspecified atom stereocenters. The molecule has 10 nitrogen and oxygen atoms in total. The van der Waals surface area contributed by atoms with E-state index in [0.717, 1.165) is 34.2 Å². The molecule has 210 valence electrons. The van der Waals surface area contributed by atoms with Gasteiger partial charge in [0.15, 0.2) is 0 Å². The van der Waals surface area contributed by atoms with Gasteiger partial charge in [0.25, 0.3) is 0 Å². The lowest BCUT2D eigenvalue weighted by Gasteiger charge is -2.02. The lowest BCUT2D eigenvalue weighted by Crippen LogP contribution is -1.90. The number of rotatable bonds is 8. The van der Waals surface area contributed by atoms with E-state index >= 15 is 0 Å². The SMILES string of the molecule is C=Cc1cccc(-c2ccc(-c3nnc(-c4cccc(-c5nnc(-c6ccc(-c7cccc(C=C)n7)nc6)o5)c4)o3)cn2)n1. The van der Waals surface area contributed by atoms with E-state index in [9.17, 15) is 0 Å². The maximum Gasteiger partial charge on any atom is 0.249 e. The molecule has 0 amide bonds. The minimum absolute atomic E-state index is 0.347. The molecule has 7 aromatic rings. The highest BCUT2D eigenvalue weighted by Gasteiger charge is 2.16. The highest BCUT2D eigenvalue weighted by atomic mass is 16.4. The Hall–Kier alpha value is -6.42. The maximum atomic E-state index is 5.99. The standard InChI is InChI=1S/C34H22N8O2/c1-3-25-10-6-12-29(37-25)27-16-14-23(19-35-27)33-41-39-31(43-33)21-8-5-9-22(18-21)32-40-42-34(44-32)24-15-17-28(36-20-24)30-13-7-11-26(4-2)38-30/h3-20H,1-2H2. The zero-order valence-corrected chi connectivity index (χ0v) is 23.2. The largest absolute Gasteiger partial charge is 0.416 e. The molecule has 7 rings (SSSR count). The van der Waals surface area contributed by atoms with Crippen molar-refractivity contribution in [1.82, 2.24) is 40.3 Å². The molecular formula is C34H22N8O2. The van der Waals surface area contributed by atoms with Crippen molar-refractivity contribution >= 4 is 12.2 Å². The summed E-state index contributed by atoms with van der Waals surface area (Å²) in [6.07, 6.45) is 6.76. The first-order valence-electron chi connectivity index (χ1n) is 13.6. The summed E-state index contributed by atoms with van der Waals surface area (Å²) in [7, 11) is 0. The first-order chi connectivity index (χ1) is 21.7. The average Bonchev–Trinajstić information content (AvgIpc) is 3.80. The van der Waals surface area contributed by atoms with Crippen LogP contribution in [0.5, 0.6) is 0 Å². The molecule has 0 aliphatic rings. The van der Waals surface area contributed by atoms with Gasteiger partial charge < -0.3 is 8.83 Å². The van der Waals surface area contributed by atoms with Crippen molar-refractivity contribution in [3.05, 3.63) is 122 Å². The number of pyridine rings is 4. The van der Waals surface area contributed by atoms with Crippen molar-refractivity contribution in [3.63, 3.8) is 0 Å². The number of nitrogens with zero attached hydrogens (tertiary/aromatic N) is 8. The maximum absolute atomic E-state index is 5.99. The Balaban J connectivity index is 1.09. The average molecular weight is 575 g/mol. The van der Waals surface area contributed by atoms with Crippen molar-refractivity contribution in [3.8, 4) is 68.6 Å². The van der Waals surface area contributed by atoms with Gasteiger partial charge in [0.05, 0.1) is 45.3 Å². The third-order valence-corrected chi connectivity index (χ3v) is 6.71. The van der Waals surface area contributed by atoms with Crippen molar-refractivity contribution in [2.45, 2.75) is 0 Å². The molecule has 0 saturated carbocycles. The van der Waals surface area contributed by atoms with Crippen LogP contribution in [0.15, 0.2) is 119 Å². The van der Waals surface area contributed by atoms with Crippen LogP contribution in [0.3, 0.4) is 0 Å². The van der Waals surface area contributed by atoms with Gasteiger partial charge in [-0.3, -0.25) is 9.97 Å². The number of aromatic nitrogens is 8. The molecule has 1 aromatic carbocycles. The van der Waals surface area contributed by atoms with Crippen LogP contribution in [0.4, 0.5) is 0 Å². The molecule has 0 aliphatic carbocycles. The van der Waals surface area contributed by atoms with E-state index in [2.05, 4.69) is 53.5 Å². The van der Waals surface area contributed by atoms with E-state index in [4.69, 9.17) is 8.83 Å². The van der Waals surface area contributed by atoms with Gasteiger partial charge in [-0.25, -0.2) is 9.97 Å². The fourth-order valence-electron chi connectivity index (χ4n) is 4.46.